The van der Waals surface area contributed by atoms with Crippen LogP contribution in [0.5, 0.6) is 5.75 Å². The number of para-hydroxylation sites is 1. The highest BCUT2D eigenvalue weighted by molar-refractivity contribution is 5.72. The first-order valence-corrected chi connectivity index (χ1v) is 6.32. The first-order chi connectivity index (χ1) is 9.78. The maximum absolute atomic E-state index is 5.41. The van der Waals surface area contributed by atoms with Gasteiger partial charge >= 0.3 is 0 Å². The summed E-state index contributed by atoms with van der Waals surface area (Å²) in [4.78, 5) is 0. The molecule has 0 aliphatic carbocycles. The first kappa shape index (κ1) is 12.4. The van der Waals surface area contributed by atoms with Crippen LogP contribution in [0.1, 0.15) is 5.89 Å². The van der Waals surface area contributed by atoms with Crippen molar-refractivity contribution in [3.8, 4) is 28.3 Å². The molecule has 100 valence electrons. The third kappa shape index (κ3) is 2.28. The molecule has 0 bridgehead atoms. The summed E-state index contributed by atoms with van der Waals surface area (Å²) in [7, 11) is 1.68. The lowest BCUT2D eigenvalue weighted by Gasteiger charge is -2.08. The van der Waals surface area contributed by atoms with Crippen molar-refractivity contribution in [3.05, 3.63) is 54.4 Å². The Bertz CT molecular complexity index is 717. The van der Waals surface area contributed by atoms with Gasteiger partial charge in [-0.15, -0.1) is 10.2 Å². The molecule has 2 aromatic carbocycles. The average Bonchev–Trinajstić information content (AvgIpc) is 2.94. The highest BCUT2D eigenvalue weighted by Gasteiger charge is 2.08. The van der Waals surface area contributed by atoms with E-state index < -0.39 is 0 Å². The van der Waals surface area contributed by atoms with Crippen LogP contribution in [-0.4, -0.2) is 17.3 Å². The van der Waals surface area contributed by atoms with Gasteiger partial charge in [-0.1, -0.05) is 30.3 Å². The summed E-state index contributed by atoms with van der Waals surface area (Å²) in [5, 5.41) is 7.85. The minimum Gasteiger partial charge on any atom is -0.496 e. The molecule has 3 aromatic rings. The average molecular weight is 266 g/mol. The minimum atomic E-state index is 0.536. The smallest absolute Gasteiger partial charge is 0.247 e. The molecule has 0 spiro atoms. The van der Waals surface area contributed by atoms with Crippen LogP contribution in [0.3, 0.4) is 0 Å². The van der Waals surface area contributed by atoms with E-state index in [1.165, 1.54) is 0 Å². The van der Waals surface area contributed by atoms with E-state index in [9.17, 15) is 0 Å². The van der Waals surface area contributed by atoms with Crippen LogP contribution in [0.15, 0.2) is 52.9 Å². The summed E-state index contributed by atoms with van der Waals surface area (Å²) in [6.07, 6.45) is 0. The number of methoxy groups -OCH3 is 1. The van der Waals surface area contributed by atoms with Gasteiger partial charge in [0, 0.05) is 18.1 Å². The minimum absolute atomic E-state index is 0.536. The summed E-state index contributed by atoms with van der Waals surface area (Å²) in [5.41, 5.74) is 3.05. The molecular formula is C16H14N2O2. The van der Waals surface area contributed by atoms with E-state index in [1.807, 2.05) is 48.5 Å². The molecular weight excluding hydrogens is 252 g/mol. The van der Waals surface area contributed by atoms with Gasteiger partial charge in [0.1, 0.15) is 5.75 Å². The fourth-order valence-corrected chi connectivity index (χ4v) is 2.09. The molecule has 0 fully saturated rings. The van der Waals surface area contributed by atoms with E-state index in [-0.39, 0.29) is 0 Å². The van der Waals surface area contributed by atoms with Crippen LogP contribution in [0.2, 0.25) is 0 Å². The molecule has 0 unspecified atom stereocenters. The maximum atomic E-state index is 5.41. The monoisotopic (exact) mass is 266 g/mol. The molecule has 0 saturated heterocycles. The van der Waals surface area contributed by atoms with Gasteiger partial charge in [0.25, 0.3) is 0 Å². The lowest BCUT2D eigenvalue weighted by Crippen LogP contribution is -1.87. The third-order valence-electron chi connectivity index (χ3n) is 3.08. The number of ether oxygens (including phenoxy) is 1. The number of hydrogen-bond donors (Lipinski definition) is 0. The molecule has 0 aliphatic heterocycles. The van der Waals surface area contributed by atoms with E-state index >= 15 is 0 Å². The Morgan fingerprint density at radius 3 is 2.25 bits per heavy atom. The maximum Gasteiger partial charge on any atom is 0.247 e. The topological polar surface area (TPSA) is 48.2 Å². The second-order valence-corrected chi connectivity index (χ2v) is 4.40. The standard InChI is InChI=1S/C16H14N2O2/c1-11-17-18-16(20-11)13-9-7-12(8-10-13)14-5-3-4-6-15(14)19-2/h3-10H,1-2H3. The molecule has 0 atom stereocenters. The van der Waals surface area contributed by atoms with Crippen molar-refractivity contribution in [2.45, 2.75) is 6.92 Å². The molecule has 0 aliphatic rings. The second kappa shape index (κ2) is 5.17. The SMILES string of the molecule is COc1ccccc1-c1ccc(-c2nnc(C)o2)cc1. The van der Waals surface area contributed by atoms with Gasteiger partial charge in [-0.3, -0.25) is 0 Å². The lowest BCUT2D eigenvalue weighted by atomic mass is 10.0. The van der Waals surface area contributed by atoms with Gasteiger partial charge in [0.05, 0.1) is 7.11 Å². The summed E-state index contributed by atoms with van der Waals surface area (Å²) < 4.78 is 10.8. The van der Waals surface area contributed by atoms with Crippen LogP contribution in [0.25, 0.3) is 22.6 Å². The highest BCUT2D eigenvalue weighted by atomic mass is 16.5. The van der Waals surface area contributed by atoms with E-state index in [0.29, 0.717) is 11.8 Å². The van der Waals surface area contributed by atoms with Crippen molar-refractivity contribution in [2.24, 2.45) is 0 Å². The van der Waals surface area contributed by atoms with Crippen LogP contribution >= 0.6 is 0 Å². The summed E-state index contributed by atoms with van der Waals surface area (Å²) >= 11 is 0. The van der Waals surface area contributed by atoms with Gasteiger partial charge in [0.2, 0.25) is 11.8 Å². The van der Waals surface area contributed by atoms with Crippen molar-refractivity contribution in [1.29, 1.82) is 0 Å². The number of benzene rings is 2. The Kier molecular flexibility index (Phi) is 3.21. The van der Waals surface area contributed by atoms with Crippen molar-refractivity contribution >= 4 is 0 Å². The van der Waals surface area contributed by atoms with Crippen molar-refractivity contribution in [1.82, 2.24) is 10.2 Å². The van der Waals surface area contributed by atoms with Gasteiger partial charge in [-0.25, -0.2) is 0 Å². The molecule has 3 rings (SSSR count). The van der Waals surface area contributed by atoms with Gasteiger partial charge in [-0.05, 0) is 23.8 Å². The first-order valence-electron chi connectivity index (χ1n) is 6.32. The van der Waals surface area contributed by atoms with Gasteiger partial charge < -0.3 is 9.15 Å². The van der Waals surface area contributed by atoms with E-state index in [2.05, 4.69) is 10.2 Å². The molecule has 4 heteroatoms. The quantitative estimate of drug-likeness (QED) is 0.725. The fourth-order valence-electron chi connectivity index (χ4n) is 2.09. The van der Waals surface area contributed by atoms with Crippen molar-refractivity contribution in [2.75, 3.05) is 7.11 Å². The lowest BCUT2D eigenvalue weighted by molar-refractivity contribution is 0.416. The second-order valence-electron chi connectivity index (χ2n) is 4.40. The molecule has 1 aromatic heterocycles. The van der Waals surface area contributed by atoms with Crippen LogP contribution in [-0.2, 0) is 0 Å². The van der Waals surface area contributed by atoms with Gasteiger partial charge in [-0.2, -0.15) is 0 Å². The highest BCUT2D eigenvalue weighted by Crippen LogP contribution is 2.30. The van der Waals surface area contributed by atoms with E-state index in [1.54, 1.807) is 14.0 Å². The molecule has 0 saturated carbocycles. The zero-order valence-electron chi connectivity index (χ0n) is 11.3. The fraction of sp³-hybridized carbons (Fsp3) is 0.125. The molecule has 0 radical (unpaired) electrons. The van der Waals surface area contributed by atoms with Crippen LogP contribution in [0, 0.1) is 6.92 Å². The largest absolute Gasteiger partial charge is 0.496 e. The summed E-state index contributed by atoms with van der Waals surface area (Å²) in [6.45, 7) is 1.78. The number of nitrogens with zero attached hydrogens (tertiary/aromatic N) is 2. The molecule has 0 amide bonds. The zero-order valence-corrected chi connectivity index (χ0v) is 11.3. The molecule has 20 heavy (non-hydrogen) atoms. The summed E-state index contributed by atoms with van der Waals surface area (Å²) in [6, 6.07) is 15.9. The van der Waals surface area contributed by atoms with Gasteiger partial charge in [0.15, 0.2) is 0 Å². The van der Waals surface area contributed by atoms with Crippen LogP contribution < -0.4 is 4.74 Å². The Labute approximate surface area is 117 Å². The number of aryl methyl sites for hydroxylation is 1. The van der Waals surface area contributed by atoms with Crippen molar-refractivity contribution < 1.29 is 9.15 Å². The Balaban J connectivity index is 1.97. The molecule has 0 N–H and O–H groups in total. The Morgan fingerprint density at radius 2 is 1.60 bits per heavy atom. The van der Waals surface area contributed by atoms with Crippen LogP contribution in [0.4, 0.5) is 0 Å². The Morgan fingerprint density at radius 1 is 0.900 bits per heavy atom. The molecule has 1 heterocycles. The summed E-state index contributed by atoms with van der Waals surface area (Å²) in [5.74, 6) is 1.96. The number of rotatable bonds is 3. The predicted molar refractivity (Wildman–Crippen MR) is 76.5 cm³/mol. The number of aromatic nitrogens is 2. The molecule has 4 nitrogen and oxygen atoms in total. The van der Waals surface area contributed by atoms with E-state index in [4.69, 9.17) is 9.15 Å². The Hall–Kier alpha value is -2.62. The predicted octanol–water partition coefficient (Wildman–Crippen LogP) is 3.72. The zero-order chi connectivity index (χ0) is 13.9. The third-order valence-corrected chi connectivity index (χ3v) is 3.08. The number of hydrogen-bond acceptors (Lipinski definition) is 4. The van der Waals surface area contributed by atoms with E-state index in [0.717, 1.165) is 22.4 Å². The normalized spacial score (nSPS) is 10.5. The van der Waals surface area contributed by atoms with Crippen molar-refractivity contribution in [3.63, 3.8) is 0 Å².